The lowest BCUT2D eigenvalue weighted by Crippen LogP contribution is -2.60. The lowest BCUT2D eigenvalue weighted by atomic mass is 9.70. The molecule has 9 heteroatoms. The number of likely N-dealkylation sites (tertiary alicyclic amines) is 1. The number of anilines is 1. The topological polar surface area (TPSA) is 90.4 Å². The highest BCUT2D eigenvalue weighted by Crippen LogP contribution is 2.61. The number of carbonyl (C=O) groups is 3. The average molecular weight is 639 g/mol. The van der Waals surface area contributed by atoms with Crippen LogP contribution in [0, 0.1) is 17.8 Å². The molecule has 3 saturated heterocycles. The third kappa shape index (κ3) is 4.70. The number of aliphatic hydroxyl groups is 1. The third-order valence-electron chi connectivity index (χ3n) is 9.49. The van der Waals surface area contributed by atoms with Crippen LogP contribution in [0.25, 0.3) is 10.8 Å². The van der Waals surface area contributed by atoms with Crippen molar-refractivity contribution in [1.29, 1.82) is 0 Å². The Labute approximate surface area is 256 Å². The Hall–Kier alpha value is -3.01. The zero-order valence-corrected chi connectivity index (χ0v) is 26.1. The van der Waals surface area contributed by atoms with Crippen LogP contribution in [0.1, 0.15) is 26.7 Å². The van der Waals surface area contributed by atoms with E-state index in [0.717, 1.165) is 10.8 Å². The number of carbonyl (C=O) groups excluding carboxylic acids is 3. The van der Waals surface area contributed by atoms with Gasteiger partial charge in [0.15, 0.2) is 0 Å². The molecule has 8 nitrogen and oxygen atoms in total. The lowest BCUT2D eigenvalue weighted by Gasteiger charge is -2.41. The van der Waals surface area contributed by atoms with Crippen molar-refractivity contribution >= 4 is 50.1 Å². The summed E-state index contributed by atoms with van der Waals surface area (Å²) in [5.41, 5.74) is -0.546. The van der Waals surface area contributed by atoms with Gasteiger partial charge in [-0.2, -0.15) is 0 Å². The van der Waals surface area contributed by atoms with E-state index in [9.17, 15) is 19.5 Å². The van der Waals surface area contributed by atoms with Gasteiger partial charge < -0.3 is 24.5 Å². The average Bonchev–Trinajstić information content (AvgIpc) is 3.58. The first kappa shape index (κ1) is 30.4. The molecule has 0 radical (unpaired) electrons. The first-order chi connectivity index (χ1) is 20.1. The molecule has 0 aromatic heterocycles. The summed E-state index contributed by atoms with van der Waals surface area (Å²) in [6.07, 6.45) is 3.85. The number of hydrogen-bond donors (Lipinski definition) is 1. The highest BCUT2D eigenvalue weighted by atomic mass is 79.9. The Morgan fingerprint density at radius 2 is 1.86 bits per heavy atom. The Morgan fingerprint density at radius 1 is 1.17 bits per heavy atom. The highest BCUT2D eigenvalue weighted by Gasteiger charge is 2.77. The molecular formula is C33H40BrN3O5. The number of aliphatic hydroxyl groups excluding tert-OH is 1. The number of rotatable bonds is 11. The van der Waals surface area contributed by atoms with Crippen LogP contribution in [0.4, 0.5) is 5.69 Å². The molecule has 2 bridgehead atoms. The van der Waals surface area contributed by atoms with Crippen LogP contribution in [-0.4, -0.2) is 88.0 Å². The van der Waals surface area contributed by atoms with Crippen molar-refractivity contribution in [2.24, 2.45) is 17.8 Å². The van der Waals surface area contributed by atoms with Crippen molar-refractivity contribution in [3.63, 3.8) is 0 Å². The zero-order chi connectivity index (χ0) is 30.3. The van der Waals surface area contributed by atoms with Crippen LogP contribution in [0.3, 0.4) is 0 Å². The molecule has 1 N–H and O–H groups in total. The molecule has 5 rings (SSSR count). The lowest BCUT2D eigenvalue weighted by molar-refractivity contribution is -0.147. The van der Waals surface area contributed by atoms with Gasteiger partial charge in [0.2, 0.25) is 11.8 Å². The maximum Gasteiger partial charge on any atom is 0.253 e. The minimum Gasteiger partial charge on any atom is -0.394 e. The van der Waals surface area contributed by atoms with E-state index in [0.29, 0.717) is 25.1 Å². The molecule has 0 aliphatic carbocycles. The highest BCUT2D eigenvalue weighted by molar-refractivity contribution is 9.09. The number of amides is 3. The Balaban J connectivity index is 1.64. The molecule has 3 aliphatic rings. The summed E-state index contributed by atoms with van der Waals surface area (Å²) >= 11 is 3.74. The largest absolute Gasteiger partial charge is 0.394 e. The predicted molar refractivity (Wildman–Crippen MR) is 167 cm³/mol. The maximum absolute atomic E-state index is 14.9. The number of ether oxygens (including phenoxy) is 1. The minimum absolute atomic E-state index is 0.0902. The van der Waals surface area contributed by atoms with Crippen molar-refractivity contribution in [1.82, 2.24) is 9.80 Å². The number of alkyl halides is 1. The zero-order valence-electron chi connectivity index (χ0n) is 24.5. The molecule has 8 atom stereocenters. The molecule has 3 heterocycles. The van der Waals surface area contributed by atoms with Gasteiger partial charge in [-0.15, -0.1) is 13.2 Å². The number of halogens is 1. The first-order valence-electron chi connectivity index (χ1n) is 14.7. The summed E-state index contributed by atoms with van der Waals surface area (Å²) in [6.45, 7) is 11.9. The van der Waals surface area contributed by atoms with Crippen molar-refractivity contribution in [3.05, 3.63) is 67.8 Å². The van der Waals surface area contributed by atoms with Gasteiger partial charge in [0.25, 0.3) is 5.91 Å². The second-order valence-electron chi connectivity index (χ2n) is 11.8. The fourth-order valence-corrected chi connectivity index (χ4v) is 8.23. The van der Waals surface area contributed by atoms with E-state index in [4.69, 9.17) is 4.74 Å². The SMILES string of the molecule is C=CCN(C)C(=O)[C@H]1[C@@H]2OC3(CC2Br)C(C(=O)N(CC=C)c2ccc4ccccc4c2)N([C@@H](CO)[C@@H](C)CC)C(=O)[C@H]13. The van der Waals surface area contributed by atoms with Gasteiger partial charge in [-0.3, -0.25) is 14.4 Å². The van der Waals surface area contributed by atoms with Gasteiger partial charge in [-0.25, -0.2) is 0 Å². The van der Waals surface area contributed by atoms with Gasteiger partial charge in [-0.1, -0.05) is 78.7 Å². The van der Waals surface area contributed by atoms with Crippen LogP contribution < -0.4 is 4.90 Å². The first-order valence-corrected chi connectivity index (χ1v) is 15.6. The second-order valence-corrected chi connectivity index (χ2v) is 13.0. The van der Waals surface area contributed by atoms with Gasteiger partial charge >= 0.3 is 0 Å². The summed E-state index contributed by atoms with van der Waals surface area (Å²) < 4.78 is 6.70. The van der Waals surface area contributed by atoms with E-state index >= 15 is 0 Å². The van der Waals surface area contributed by atoms with Gasteiger partial charge in [0, 0.05) is 30.7 Å². The Bertz CT molecular complexity index is 1400. The van der Waals surface area contributed by atoms with Gasteiger partial charge in [0.1, 0.15) is 11.6 Å². The quantitative estimate of drug-likeness (QED) is 0.295. The predicted octanol–water partition coefficient (Wildman–Crippen LogP) is 4.16. The summed E-state index contributed by atoms with van der Waals surface area (Å²) in [4.78, 5) is 47.8. The molecule has 224 valence electrons. The van der Waals surface area contributed by atoms with Gasteiger partial charge in [0.05, 0.1) is 30.6 Å². The summed E-state index contributed by atoms with van der Waals surface area (Å²) in [7, 11) is 1.69. The van der Waals surface area contributed by atoms with Crippen LogP contribution in [-0.2, 0) is 19.1 Å². The molecule has 3 fully saturated rings. The number of nitrogens with zero attached hydrogens (tertiary/aromatic N) is 3. The fraction of sp³-hybridized carbons (Fsp3) is 0.485. The molecule has 3 amide bonds. The Morgan fingerprint density at radius 3 is 2.50 bits per heavy atom. The van der Waals surface area contributed by atoms with E-state index in [-0.39, 0.29) is 41.6 Å². The molecule has 0 saturated carbocycles. The molecule has 1 spiro atoms. The van der Waals surface area contributed by atoms with Crippen molar-refractivity contribution in [2.45, 2.75) is 55.3 Å². The van der Waals surface area contributed by atoms with Crippen LogP contribution in [0.5, 0.6) is 0 Å². The third-order valence-corrected chi connectivity index (χ3v) is 10.3. The smallest absolute Gasteiger partial charge is 0.253 e. The molecule has 2 aromatic rings. The summed E-state index contributed by atoms with van der Waals surface area (Å²) in [5, 5.41) is 12.7. The van der Waals surface area contributed by atoms with E-state index in [2.05, 4.69) is 29.1 Å². The normalized spacial score (nSPS) is 29.3. The molecule has 3 aliphatic heterocycles. The standard InChI is InChI=1S/C33H40BrN3O5/c1-6-15-35(5)30(39)26-27-31(40)37(25(19-38)20(4)8-3)29(33(27)18-24(34)28(26)42-33)32(41)36(16-7-2)23-14-13-21-11-9-10-12-22(21)17-23/h6-7,9-14,17,20,24-29,38H,1-2,8,15-16,18-19H2,3-5H3/t20-,24?,25-,26+,27-,28+,29?,33?/m0/s1. The molecule has 3 unspecified atom stereocenters. The van der Waals surface area contributed by atoms with Crippen LogP contribution in [0.15, 0.2) is 67.8 Å². The number of benzene rings is 2. The fourth-order valence-electron chi connectivity index (χ4n) is 7.28. The Kier molecular flexibility index (Phi) is 8.65. The van der Waals surface area contributed by atoms with Gasteiger partial charge in [-0.05, 0) is 35.2 Å². The molecule has 42 heavy (non-hydrogen) atoms. The molecular weight excluding hydrogens is 598 g/mol. The van der Waals surface area contributed by atoms with Crippen molar-refractivity contribution in [3.8, 4) is 0 Å². The van der Waals surface area contributed by atoms with Crippen molar-refractivity contribution in [2.75, 3.05) is 31.6 Å². The second kappa shape index (κ2) is 11.9. The van der Waals surface area contributed by atoms with E-state index in [1.807, 2.05) is 56.3 Å². The monoisotopic (exact) mass is 637 g/mol. The maximum atomic E-state index is 14.9. The summed E-state index contributed by atoms with van der Waals surface area (Å²) in [6, 6.07) is 12.1. The number of likely N-dealkylation sites (N-methyl/N-ethyl adjacent to an activating group) is 1. The van der Waals surface area contributed by atoms with E-state index in [1.54, 1.807) is 33.9 Å². The van der Waals surface area contributed by atoms with E-state index in [1.165, 1.54) is 0 Å². The van der Waals surface area contributed by atoms with Crippen molar-refractivity contribution < 1.29 is 24.2 Å². The van der Waals surface area contributed by atoms with Crippen LogP contribution >= 0.6 is 15.9 Å². The van der Waals surface area contributed by atoms with Crippen LogP contribution in [0.2, 0.25) is 0 Å². The number of fused-ring (bicyclic) bond motifs is 2. The number of hydrogen-bond acceptors (Lipinski definition) is 5. The minimum atomic E-state index is -1.22. The van der Waals surface area contributed by atoms with E-state index < -0.39 is 35.6 Å². The summed E-state index contributed by atoms with van der Waals surface area (Å²) in [5.74, 6) is -2.52. The molecule has 2 aromatic carbocycles.